The molecule has 0 spiro atoms. The lowest BCUT2D eigenvalue weighted by molar-refractivity contribution is -0.135. The highest BCUT2D eigenvalue weighted by Gasteiger charge is 2.19. The van der Waals surface area contributed by atoms with E-state index in [-0.39, 0.29) is 12.0 Å². The maximum absolute atomic E-state index is 12.4. The van der Waals surface area contributed by atoms with E-state index in [0.29, 0.717) is 56.5 Å². The summed E-state index contributed by atoms with van der Waals surface area (Å²) >= 11 is 0. The van der Waals surface area contributed by atoms with Gasteiger partial charge < -0.3 is 18.9 Å². The lowest BCUT2D eigenvalue weighted by Crippen LogP contribution is -2.41. The number of benzene rings is 2. The van der Waals surface area contributed by atoms with Gasteiger partial charge in [-0.05, 0) is 37.3 Å². The molecule has 0 unspecified atom stereocenters. The second-order valence-electron chi connectivity index (χ2n) is 7.79. The summed E-state index contributed by atoms with van der Waals surface area (Å²) in [5, 5.41) is 12.6. The third-order valence-electron chi connectivity index (χ3n) is 5.52. The number of fused-ring (bicyclic) bond motifs is 1. The van der Waals surface area contributed by atoms with E-state index in [0.717, 1.165) is 16.8 Å². The van der Waals surface area contributed by atoms with E-state index in [4.69, 9.17) is 14.0 Å². The van der Waals surface area contributed by atoms with Crippen LogP contribution in [0.4, 0.5) is 0 Å². The van der Waals surface area contributed by atoms with Crippen molar-refractivity contribution in [1.82, 2.24) is 30.0 Å². The predicted molar refractivity (Wildman–Crippen MR) is 118 cm³/mol. The molecule has 0 bridgehead atoms. The summed E-state index contributed by atoms with van der Waals surface area (Å²) in [6.07, 6.45) is -0.0180. The fraction of sp³-hybridized carbons (Fsp3) is 0.348. The molecule has 10 nitrogen and oxygen atoms in total. The molecule has 0 N–H and O–H groups in total. The zero-order valence-electron chi connectivity index (χ0n) is 18.3. The Morgan fingerprint density at radius 3 is 2.79 bits per heavy atom. The minimum atomic E-state index is -0.387. The van der Waals surface area contributed by atoms with Gasteiger partial charge in [0.05, 0.1) is 25.3 Å². The van der Waals surface area contributed by atoms with Gasteiger partial charge in [0, 0.05) is 25.1 Å². The predicted octanol–water partition coefficient (Wildman–Crippen LogP) is 2.87. The molecule has 5 rings (SSSR count). The van der Waals surface area contributed by atoms with Crippen LogP contribution in [0.15, 0.2) is 53.1 Å². The van der Waals surface area contributed by atoms with Gasteiger partial charge in [-0.2, -0.15) is 4.98 Å². The lowest BCUT2D eigenvalue weighted by Gasteiger charge is -2.26. The minimum absolute atomic E-state index is 0.102. The van der Waals surface area contributed by atoms with E-state index < -0.39 is 0 Å². The van der Waals surface area contributed by atoms with Crippen LogP contribution in [-0.4, -0.2) is 62.2 Å². The Bertz CT molecular complexity index is 1230. The molecular weight excluding hydrogens is 424 g/mol. The highest BCUT2D eigenvalue weighted by atomic mass is 16.5. The Labute approximate surface area is 190 Å². The molecule has 2 aromatic heterocycles. The molecule has 0 radical (unpaired) electrons. The van der Waals surface area contributed by atoms with Crippen molar-refractivity contribution >= 4 is 16.9 Å². The van der Waals surface area contributed by atoms with Crippen LogP contribution < -0.4 is 4.74 Å². The van der Waals surface area contributed by atoms with Crippen LogP contribution in [0.3, 0.4) is 0 Å². The number of amides is 1. The van der Waals surface area contributed by atoms with Gasteiger partial charge in [0.25, 0.3) is 5.89 Å². The largest absolute Gasteiger partial charge is 0.481 e. The van der Waals surface area contributed by atoms with Crippen LogP contribution in [0.25, 0.3) is 22.4 Å². The Morgan fingerprint density at radius 1 is 1.15 bits per heavy atom. The summed E-state index contributed by atoms with van der Waals surface area (Å²) in [6, 6.07) is 15.1. The molecule has 170 valence electrons. The fourth-order valence-corrected chi connectivity index (χ4v) is 3.72. The second kappa shape index (κ2) is 9.37. The van der Waals surface area contributed by atoms with Gasteiger partial charge in [0.2, 0.25) is 11.7 Å². The monoisotopic (exact) mass is 448 g/mol. The van der Waals surface area contributed by atoms with Crippen molar-refractivity contribution in [2.24, 2.45) is 0 Å². The SMILES string of the molecule is C[C@@H](Oc1ccccc1)c1nc(-c2ccc3c(c2)nnn3CCC(=O)N2CCOCC2)no1. The van der Waals surface area contributed by atoms with Gasteiger partial charge in [-0.1, -0.05) is 28.6 Å². The van der Waals surface area contributed by atoms with E-state index in [1.807, 2.05) is 60.4 Å². The maximum atomic E-state index is 12.4. The van der Waals surface area contributed by atoms with E-state index in [1.165, 1.54) is 0 Å². The highest BCUT2D eigenvalue weighted by Crippen LogP contribution is 2.25. The third-order valence-corrected chi connectivity index (χ3v) is 5.52. The topological polar surface area (TPSA) is 108 Å². The molecule has 1 atom stereocenters. The van der Waals surface area contributed by atoms with Crippen molar-refractivity contribution in [3.8, 4) is 17.1 Å². The van der Waals surface area contributed by atoms with E-state index in [9.17, 15) is 4.79 Å². The van der Waals surface area contributed by atoms with Crippen molar-refractivity contribution in [1.29, 1.82) is 0 Å². The molecule has 1 amide bonds. The van der Waals surface area contributed by atoms with Crippen LogP contribution >= 0.6 is 0 Å². The first-order chi connectivity index (χ1) is 16.2. The van der Waals surface area contributed by atoms with Crippen LogP contribution in [0.2, 0.25) is 0 Å². The molecule has 1 aliphatic rings. The summed E-state index contributed by atoms with van der Waals surface area (Å²) in [5.74, 6) is 1.67. The Morgan fingerprint density at radius 2 is 1.97 bits per heavy atom. The van der Waals surface area contributed by atoms with E-state index in [2.05, 4.69) is 20.5 Å². The molecule has 1 aliphatic heterocycles. The summed E-state index contributed by atoms with van der Waals surface area (Å²) in [7, 11) is 0. The normalized spacial score (nSPS) is 15.0. The molecule has 0 saturated carbocycles. The second-order valence-corrected chi connectivity index (χ2v) is 7.79. The first kappa shape index (κ1) is 21.1. The van der Waals surface area contributed by atoms with Gasteiger partial charge in [0.15, 0.2) is 6.10 Å². The molecular formula is C23H24N6O4. The molecule has 0 aliphatic carbocycles. The molecule has 33 heavy (non-hydrogen) atoms. The number of hydrogen-bond donors (Lipinski definition) is 0. The number of hydrogen-bond acceptors (Lipinski definition) is 8. The molecule has 1 saturated heterocycles. The van der Waals surface area contributed by atoms with Gasteiger partial charge in [-0.25, -0.2) is 4.68 Å². The number of carbonyl (C=O) groups excluding carboxylic acids is 1. The molecule has 3 heterocycles. The summed E-state index contributed by atoms with van der Waals surface area (Å²) in [4.78, 5) is 18.7. The molecule has 2 aromatic carbocycles. The van der Waals surface area contributed by atoms with Crippen LogP contribution in [-0.2, 0) is 16.1 Å². The number of morpholine rings is 1. The molecule has 10 heteroatoms. The summed E-state index contributed by atoms with van der Waals surface area (Å²) in [5.41, 5.74) is 2.31. The van der Waals surface area contributed by atoms with Crippen molar-refractivity contribution in [3.05, 3.63) is 54.4 Å². The number of aryl methyl sites for hydroxylation is 1. The smallest absolute Gasteiger partial charge is 0.267 e. The molecule has 4 aromatic rings. The fourth-order valence-electron chi connectivity index (χ4n) is 3.72. The number of carbonyl (C=O) groups is 1. The van der Waals surface area contributed by atoms with Crippen LogP contribution in [0, 0.1) is 0 Å². The lowest BCUT2D eigenvalue weighted by atomic mass is 10.2. The van der Waals surface area contributed by atoms with Gasteiger partial charge in [-0.15, -0.1) is 5.10 Å². The minimum Gasteiger partial charge on any atom is -0.481 e. The van der Waals surface area contributed by atoms with Gasteiger partial charge >= 0.3 is 0 Å². The highest BCUT2D eigenvalue weighted by molar-refractivity contribution is 5.80. The van der Waals surface area contributed by atoms with Crippen molar-refractivity contribution in [3.63, 3.8) is 0 Å². The number of ether oxygens (including phenoxy) is 2. The Kier molecular flexibility index (Phi) is 5.99. The standard InChI is InChI=1S/C23H24N6O4/c1-16(32-18-5-3-2-4-6-18)23-24-22(26-33-23)17-7-8-20-19(15-17)25-27-29(20)10-9-21(30)28-11-13-31-14-12-28/h2-8,15-16H,9-14H2,1H3/t16-/m1/s1. The number of aromatic nitrogens is 5. The average Bonchev–Trinajstić information content (AvgIpc) is 3.51. The summed E-state index contributed by atoms with van der Waals surface area (Å²) in [6.45, 7) is 4.79. The summed E-state index contributed by atoms with van der Waals surface area (Å²) < 4.78 is 18.3. The first-order valence-electron chi connectivity index (χ1n) is 10.9. The van der Waals surface area contributed by atoms with E-state index in [1.54, 1.807) is 4.68 Å². The Hall–Kier alpha value is -3.79. The molecule has 1 fully saturated rings. The van der Waals surface area contributed by atoms with Gasteiger partial charge in [-0.3, -0.25) is 4.79 Å². The Balaban J connectivity index is 1.26. The van der Waals surface area contributed by atoms with Crippen LogP contribution in [0.1, 0.15) is 25.3 Å². The van der Waals surface area contributed by atoms with Gasteiger partial charge in [0.1, 0.15) is 11.3 Å². The number of nitrogens with zero attached hydrogens (tertiary/aromatic N) is 6. The number of para-hydroxylation sites is 1. The zero-order valence-corrected chi connectivity index (χ0v) is 18.3. The van der Waals surface area contributed by atoms with Crippen molar-refractivity contribution in [2.75, 3.05) is 26.3 Å². The number of rotatable bonds is 7. The quantitative estimate of drug-likeness (QED) is 0.425. The van der Waals surface area contributed by atoms with E-state index >= 15 is 0 Å². The van der Waals surface area contributed by atoms with Crippen molar-refractivity contribution < 1.29 is 18.8 Å². The maximum Gasteiger partial charge on any atom is 0.267 e. The van der Waals surface area contributed by atoms with Crippen molar-refractivity contribution in [2.45, 2.75) is 26.0 Å². The average molecular weight is 448 g/mol. The third kappa shape index (κ3) is 4.70. The zero-order chi connectivity index (χ0) is 22.6. The van der Waals surface area contributed by atoms with Crippen LogP contribution in [0.5, 0.6) is 5.75 Å². The first-order valence-corrected chi connectivity index (χ1v) is 10.9.